The Morgan fingerprint density at radius 2 is 1.86 bits per heavy atom. The van der Waals surface area contributed by atoms with Gasteiger partial charge in [0.1, 0.15) is 18.6 Å². The molecule has 0 spiro atoms. The molecule has 14 nitrogen and oxygen atoms in total. The number of hydrogen-bond donors (Lipinski definition) is 2. The van der Waals surface area contributed by atoms with E-state index in [0.29, 0.717) is 53.4 Å². The quantitative estimate of drug-likeness (QED) is 0.269. The average molecular weight is 680 g/mol. The lowest BCUT2D eigenvalue weighted by Crippen LogP contribution is -2.75. The van der Waals surface area contributed by atoms with Crippen LogP contribution < -0.4 is 20.4 Å². The van der Waals surface area contributed by atoms with Gasteiger partial charge in [0.15, 0.2) is 17.0 Å². The molecule has 50 heavy (non-hydrogen) atoms. The summed E-state index contributed by atoms with van der Waals surface area (Å²) >= 11 is 0. The number of ether oxygens (including phenoxy) is 1. The molecule has 0 unspecified atom stereocenters. The molecule has 6 aliphatic rings. The third-order valence-corrected chi connectivity index (χ3v) is 12.1. The molecule has 2 bridgehead atoms. The summed E-state index contributed by atoms with van der Waals surface area (Å²) in [6.45, 7) is 4.47. The predicted octanol–water partition coefficient (Wildman–Crippen LogP) is 2.90. The Morgan fingerprint density at radius 3 is 2.56 bits per heavy atom. The van der Waals surface area contributed by atoms with Crippen LogP contribution >= 0.6 is 0 Å². The fourth-order valence-corrected chi connectivity index (χ4v) is 9.50. The molecular weight excluding hydrogens is 638 g/mol. The van der Waals surface area contributed by atoms with Crippen LogP contribution in [-0.2, 0) is 17.8 Å². The Labute approximate surface area is 288 Å². The topological polar surface area (TPSA) is 161 Å². The molecule has 260 valence electrons. The van der Waals surface area contributed by atoms with Crippen molar-refractivity contribution in [1.82, 2.24) is 39.5 Å². The molecule has 4 aromatic heterocycles. The van der Waals surface area contributed by atoms with Crippen molar-refractivity contribution < 1.29 is 19.4 Å². The second kappa shape index (κ2) is 11.0. The van der Waals surface area contributed by atoms with Crippen LogP contribution in [0.1, 0.15) is 73.7 Å². The van der Waals surface area contributed by atoms with Gasteiger partial charge < -0.3 is 29.5 Å². The van der Waals surface area contributed by atoms with Gasteiger partial charge in [-0.2, -0.15) is 5.10 Å². The van der Waals surface area contributed by atoms with Crippen LogP contribution in [-0.4, -0.2) is 88.9 Å². The second-order valence-corrected chi connectivity index (χ2v) is 15.0. The first kappa shape index (κ1) is 31.0. The van der Waals surface area contributed by atoms with E-state index in [-0.39, 0.29) is 58.4 Å². The van der Waals surface area contributed by atoms with E-state index in [4.69, 9.17) is 9.84 Å². The molecule has 4 aromatic rings. The maximum Gasteiger partial charge on any atom is 0.276 e. The van der Waals surface area contributed by atoms with Gasteiger partial charge in [0.25, 0.3) is 5.91 Å². The highest BCUT2D eigenvalue weighted by atomic mass is 16.5. The van der Waals surface area contributed by atoms with Crippen LogP contribution in [0, 0.1) is 18.3 Å². The number of fused-ring (bicyclic) bond motifs is 2. The summed E-state index contributed by atoms with van der Waals surface area (Å²) in [4.78, 5) is 58.3. The van der Waals surface area contributed by atoms with Crippen LogP contribution in [0.2, 0.25) is 0 Å². The minimum Gasteiger partial charge on any atom is -0.504 e. The monoisotopic (exact) mass is 679 g/mol. The van der Waals surface area contributed by atoms with E-state index in [9.17, 15) is 19.5 Å². The lowest BCUT2D eigenvalue weighted by atomic mass is 9.37. The van der Waals surface area contributed by atoms with E-state index < -0.39 is 0 Å². The minimum absolute atomic E-state index is 0.00863. The van der Waals surface area contributed by atoms with E-state index in [1.54, 1.807) is 41.9 Å². The summed E-state index contributed by atoms with van der Waals surface area (Å²) in [7, 11) is 1.55. The first-order chi connectivity index (χ1) is 24.1. The molecule has 5 saturated carbocycles. The van der Waals surface area contributed by atoms with Crippen LogP contribution in [0.15, 0.2) is 35.6 Å². The molecular formula is C36H41N9O5. The first-order valence-electron chi connectivity index (χ1n) is 17.7. The maximum atomic E-state index is 14.6. The molecule has 1 saturated heterocycles. The Morgan fingerprint density at radius 1 is 1.08 bits per heavy atom. The largest absolute Gasteiger partial charge is 0.504 e. The number of rotatable bonds is 9. The lowest BCUT2D eigenvalue weighted by Gasteiger charge is -2.71. The number of hydrogen-bond acceptors (Lipinski definition) is 10. The molecule has 2 N–H and O–H groups in total. The Kier molecular flexibility index (Phi) is 6.82. The summed E-state index contributed by atoms with van der Waals surface area (Å²) in [5.41, 5.74) is 3.34. The number of nitrogens with zero attached hydrogens (tertiary/aromatic N) is 8. The summed E-state index contributed by atoms with van der Waals surface area (Å²) in [6, 6.07) is 3.27. The number of aromatic nitrogens is 6. The number of aromatic hydroxyl groups is 1. The highest BCUT2D eigenvalue weighted by Gasteiger charge is 2.72. The van der Waals surface area contributed by atoms with Gasteiger partial charge in [0, 0.05) is 42.6 Å². The number of methoxy groups -OCH3 is 1. The molecule has 0 aromatic carbocycles. The maximum absolute atomic E-state index is 14.6. The fourth-order valence-electron chi connectivity index (χ4n) is 9.50. The molecule has 1 aliphatic heterocycles. The third-order valence-electron chi connectivity index (χ3n) is 12.1. The second-order valence-electron chi connectivity index (χ2n) is 15.0. The van der Waals surface area contributed by atoms with Crippen LogP contribution in [0.25, 0.3) is 16.7 Å². The van der Waals surface area contributed by atoms with E-state index in [2.05, 4.69) is 25.2 Å². The number of anilines is 1. The normalized spacial score (nSPS) is 26.5. The Balaban J connectivity index is 1.08. The molecule has 5 heterocycles. The minimum atomic E-state index is -0.341. The van der Waals surface area contributed by atoms with Crippen molar-refractivity contribution >= 4 is 28.5 Å². The molecule has 2 amide bonds. The van der Waals surface area contributed by atoms with Crippen molar-refractivity contribution in [2.75, 3.05) is 25.1 Å². The lowest BCUT2D eigenvalue weighted by molar-refractivity contribution is -0.176. The first-order valence-corrected chi connectivity index (χ1v) is 17.7. The molecule has 6 fully saturated rings. The standard InChI is InChI=1S/C36H41N9O5/c1-4-23-31(42-11-12-43(25-8-7-24(25)42)34(49)30-32(47)20(2)38-19-39-30)33(48)29-26(14-45(41-29)22-9-10-37-28(13-22)50-3)44(23)15-27(46)40-36-16-35(17-36,18-36)21-5-6-21/h9-10,13-14,19,21,24-25,47H,4-8,11-12,15-18H2,1-3H3,(H,40,46)/t24-,25-,35?,36?/m0/s1. The van der Waals surface area contributed by atoms with E-state index in [1.807, 2.05) is 17.7 Å². The summed E-state index contributed by atoms with van der Waals surface area (Å²) in [5.74, 6) is 0.650. The molecule has 14 heteroatoms. The number of piperazine rings is 1. The van der Waals surface area contributed by atoms with Crippen LogP contribution in [0.3, 0.4) is 0 Å². The van der Waals surface area contributed by atoms with Gasteiger partial charge in [-0.3, -0.25) is 14.4 Å². The SMILES string of the molecule is CCc1c(N2CCN(C(=O)c3ncnc(C)c3O)[C@H]3CC[C@@H]32)c(=O)c2nn(-c3ccnc(OC)c3)cc2n1CC(=O)NC12CC(C3CC3)(C1)C2. The van der Waals surface area contributed by atoms with Crippen molar-refractivity contribution in [3.8, 4) is 17.3 Å². The number of pyridine rings is 2. The van der Waals surface area contributed by atoms with Crippen molar-refractivity contribution in [2.24, 2.45) is 11.3 Å². The highest BCUT2D eigenvalue weighted by molar-refractivity contribution is 5.95. The summed E-state index contributed by atoms with van der Waals surface area (Å²) in [5, 5.41) is 18.8. The third kappa shape index (κ3) is 4.56. The zero-order valence-corrected chi connectivity index (χ0v) is 28.6. The van der Waals surface area contributed by atoms with Gasteiger partial charge in [-0.25, -0.2) is 19.6 Å². The zero-order valence-electron chi connectivity index (χ0n) is 28.6. The fraction of sp³-hybridized carbons (Fsp3) is 0.528. The molecule has 10 rings (SSSR count). The smallest absolute Gasteiger partial charge is 0.276 e. The number of nitrogens with one attached hydrogen (secondary N) is 1. The van der Waals surface area contributed by atoms with Crippen molar-refractivity contribution in [3.05, 3.63) is 58.2 Å². The summed E-state index contributed by atoms with van der Waals surface area (Å²) < 4.78 is 8.96. The molecule has 0 radical (unpaired) electrons. The van der Waals surface area contributed by atoms with Crippen molar-refractivity contribution in [2.45, 2.75) is 89.4 Å². The zero-order chi connectivity index (χ0) is 34.5. The van der Waals surface area contributed by atoms with Gasteiger partial charge >= 0.3 is 0 Å². The van der Waals surface area contributed by atoms with Crippen molar-refractivity contribution in [1.29, 1.82) is 0 Å². The number of amides is 2. The molecule has 5 aliphatic carbocycles. The van der Waals surface area contributed by atoms with Crippen molar-refractivity contribution in [3.63, 3.8) is 0 Å². The van der Waals surface area contributed by atoms with Gasteiger partial charge in [-0.05, 0) is 75.7 Å². The Bertz CT molecular complexity index is 2120. The highest BCUT2D eigenvalue weighted by Crippen LogP contribution is 2.75. The van der Waals surface area contributed by atoms with E-state index in [0.717, 1.165) is 43.7 Å². The van der Waals surface area contributed by atoms with Gasteiger partial charge in [-0.1, -0.05) is 6.92 Å². The summed E-state index contributed by atoms with van der Waals surface area (Å²) in [6.07, 6.45) is 12.7. The van der Waals surface area contributed by atoms with Crippen LogP contribution in [0.5, 0.6) is 11.6 Å². The Hall–Kier alpha value is -5.01. The van der Waals surface area contributed by atoms with E-state index in [1.165, 1.54) is 19.2 Å². The average Bonchev–Trinajstić information content (AvgIpc) is 3.81. The van der Waals surface area contributed by atoms with Gasteiger partial charge in [-0.15, -0.1) is 0 Å². The van der Waals surface area contributed by atoms with E-state index >= 15 is 0 Å². The number of carbonyl (C=O) groups is 2. The van der Waals surface area contributed by atoms with Gasteiger partial charge in [0.05, 0.1) is 36.2 Å². The number of carbonyl (C=O) groups excluding carboxylic acids is 2. The van der Waals surface area contributed by atoms with Gasteiger partial charge in [0.2, 0.25) is 17.2 Å². The number of aryl methyl sites for hydroxylation is 1. The van der Waals surface area contributed by atoms with Crippen LogP contribution in [0.4, 0.5) is 5.69 Å². The predicted molar refractivity (Wildman–Crippen MR) is 183 cm³/mol. The molecule has 2 atom stereocenters.